The summed E-state index contributed by atoms with van der Waals surface area (Å²) in [7, 11) is 0. The van der Waals surface area contributed by atoms with Gasteiger partial charge >= 0.3 is 0 Å². The molecule has 1 fully saturated rings. The molecule has 0 spiro atoms. The van der Waals surface area contributed by atoms with Crippen LogP contribution in [0.4, 0.5) is 0 Å². The van der Waals surface area contributed by atoms with Crippen molar-refractivity contribution in [3.63, 3.8) is 0 Å². The van der Waals surface area contributed by atoms with Crippen LogP contribution in [0.1, 0.15) is 36.5 Å². The summed E-state index contributed by atoms with van der Waals surface area (Å²) >= 11 is 0. The lowest BCUT2D eigenvalue weighted by Crippen LogP contribution is -2.42. The van der Waals surface area contributed by atoms with Gasteiger partial charge in [0.15, 0.2) is 0 Å². The molecule has 1 heterocycles. The van der Waals surface area contributed by atoms with Crippen LogP contribution in [0.3, 0.4) is 0 Å². The van der Waals surface area contributed by atoms with E-state index in [4.69, 9.17) is 0 Å². The van der Waals surface area contributed by atoms with E-state index in [0.717, 1.165) is 25.1 Å². The summed E-state index contributed by atoms with van der Waals surface area (Å²) in [5.74, 6) is 0. The number of rotatable bonds is 4. The predicted molar refractivity (Wildman–Crippen MR) is 85.9 cm³/mol. The van der Waals surface area contributed by atoms with Gasteiger partial charge in [-0.3, -0.25) is 4.90 Å². The molecule has 2 heteroatoms. The second-order valence-corrected chi connectivity index (χ2v) is 5.87. The molecule has 0 aliphatic carbocycles. The number of aliphatic hydroxyl groups excluding tert-OH is 1. The first-order valence-electron chi connectivity index (χ1n) is 7.85. The molecule has 3 rings (SSSR count). The number of hydrogen-bond donors (Lipinski definition) is 1. The minimum Gasteiger partial charge on any atom is -0.387 e. The van der Waals surface area contributed by atoms with E-state index in [0.29, 0.717) is 0 Å². The second-order valence-electron chi connectivity index (χ2n) is 5.87. The number of hydrogen-bond acceptors (Lipinski definition) is 2. The Bertz CT molecular complexity index is 540. The molecule has 1 aliphatic rings. The Morgan fingerprint density at radius 3 is 2.33 bits per heavy atom. The lowest BCUT2D eigenvalue weighted by molar-refractivity contribution is 0.0202. The van der Waals surface area contributed by atoms with Crippen LogP contribution in [-0.4, -0.2) is 22.6 Å². The molecule has 1 N–H and O–H groups in total. The van der Waals surface area contributed by atoms with Gasteiger partial charge < -0.3 is 5.11 Å². The van der Waals surface area contributed by atoms with Crippen LogP contribution in [-0.2, 0) is 6.54 Å². The summed E-state index contributed by atoms with van der Waals surface area (Å²) in [6.45, 7) is 2.00. The van der Waals surface area contributed by atoms with E-state index in [1.165, 1.54) is 18.4 Å². The van der Waals surface area contributed by atoms with Gasteiger partial charge in [-0.1, -0.05) is 67.1 Å². The first-order chi connectivity index (χ1) is 10.3. The minimum atomic E-state index is -0.393. The van der Waals surface area contributed by atoms with Crippen LogP contribution < -0.4 is 0 Å². The summed E-state index contributed by atoms with van der Waals surface area (Å²) in [5.41, 5.74) is 2.35. The van der Waals surface area contributed by atoms with Crippen LogP contribution in [0.2, 0.25) is 0 Å². The zero-order valence-electron chi connectivity index (χ0n) is 12.4. The van der Waals surface area contributed by atoms with Gasteiger partial charge in [0.2, 0.25) is 0 Å². The summed E-state index contributed by atoms with van der Waals surface area (Å²) in [6, 6.07) is 20.8. The van der Waals surface area contributed by atoms with Gasteiger partial charge in [0.25, 0.3) is 0 Å². The number of nitrogens with zero attached hydrogens (tertiary/aromatic N) is 1. The zero-order valence-corrected chi connectivity index (χ0v) is 12.4. The summed E-state index contributed by atoms with van der Waals surface area (Å²) in [5, 5.41) is 10.8. The molecular weight excluding hydrogens is 258 g/mol. The van der Waals surface area contributed by atoms with Crippen LogP contribution >= 0.6 is 0 Å². The molecule has 0 bridgehead atoms. The Hall–Kier alpha value is -1.64. The average Bonchev–Trinajstić information content (AvgIpc) is 2.56. The van der Waals surface area contributed by atoms with Crippen LogP contribution in [0.15, 0.2) is 60.7 Å². The molecular formula is C19H23NO. The van der Waals surface area contributed by atoms with E-state index in [-0.39, 0.29) is 6.04 Å². The highest BCUT2D eigenvalue weighted by Crippen LogP contribution is 2.29. The molecule has 21 heavy (non-hydrogen) atoms. The minimum absolute atomic E-state index is 0.223. The molecule has 0 amide bonds. The van der Waals surface area contributed by atoms with Gasteiger partial charge in [-0.2, -0.15) is 0 Å². The average molecular weight is 281 g/mol. The molecule has 2 aromatic carbocycles. The molecule has 0 aromatic heterocycles. The third-order valence-electron chi connectivity index (χ3n) is 4.40. The molecule has 110 valence electrons. The van der Waals surface area contributed by atoms with Crippen molar-refractivity contribution in [2.75, 3.05) is 6.54 Å². The van der Waals surface area contributed by atoms with Crippen molar-refractivity contribution in [3.8, 4) is 0 Å². The Morgan fingerprint density at radius 2 is 1.62 bits per heavy atom. The third kappa shape index (κ3) is 3.52. The van der Waals surface area contributed by atoms with Crippen molar-refractivity contribution < 1.29 is 5.11 Å². The zero-order chi connectivity index (χ0) is 14.5. The molecule has 1 saturated heterocycles. The lowest BCUT2D eigenvalue weighted by atomic mass is 9.92. The van der Waals surface area contributed by atoms with Crippen molar-refractivity contribution in [2.45, 2.75) is 38.0 Å². The van der Waals surface area contributed by atoms with Crippen molar-refractivity contribution in [2.24, 2.45) is 0 Å². The van der Waals surface area contributed by atoms with E-state index in [1.807, 2.05) is 30.3 Å². The van der Waals surface area contributed by atoms with Crippen LogP contribution in [0.25, 0.3) is 0 Å². The normalized spacial score (nSPS) is 21.1. The highest BCUT2D eigenvalue weighted by Gasteiger charge is 2.29. The molecule has 2 atom stereocenters. The molecule has 1 unspecified atom stereocenters. The lowest BCUT2D eigenvalue weighted by Gasteiger charge is -2.38. The Morgan fingerprint density at radius 1 is 0.952 bits per heavy atom. The number of benzene rings is 2. The molecule has 0 radical (unpaired) electrons. The maximum absolute atomic E-state index is 10.8. The summed E-state index contributed by atoms with van der Waals surface area (Å²) in [6.07, 6.45) is 3.11. The quantitative estimate of drug-likeness (QED) is 0.922. The monoisotopic (exact) mass is 281 g/mol. The van der Waals surface area contributed by atoms with E-state index >= 15 is 0 Å². The van der Waals surface area contributed by atoms with Gasteiger partial charge in [-0.15, -0.1) is 0 Å². The highest BCUT2D eigenvalue weighted by molar-refractivity contribution is 5.20. The second kappa shape index (κ2) is 6.88. The Balaban J connectivity index is 1.75. The highest BCUT2D eigenvalue weighted by atomic mass is 16.3. The fraction of sp³-hybridized carbons (Fsp3) is 0.368. The smallest absolute Gasteiger partial charge is 0.0945 e. The Labute approximate surface area is 127 Å². The number of likely N-dealkylation sites (tertiary alicyclic amines) is 1. The largest absolute Gasteiger partial charge is 0.387 e. The molecule has 0 saturated carbocycles. The molecule has 2 nitrogen and oxygen atoms in total. The standard InChI is InChI=1S/C19H23NO/c21-19(17-11-5-2-6-12-17)18-13-7-8-14-20(18)15-16-9-3-1-4-10-16/h1-6,9-12,18-19,21H,7-8,13-15H2/t18-,19?/m0/s1. The molecule has 1 aliphatic heterocycles. The number of piperidine rings is 1. The van der Waals surface area contributed by atoms with Gasteiger partial charge in [0.05, 0.1) is 6.10 Å². The van der Waals surface area contributed by atoms with Crippen molar-refractivity contribution in [1.82, 2.24) is 4.90 Å². The van der Waals surface area contributed by atoms with Crippen LogP contribution in [0.5, 0.6) is 0 Å². The first kappa shape index (κ1) is 14.3. The predicted octanol–water partition coefficient (Wildman–Crippen LogP) is 3.77. The van der Waals surface area contributed by atoms with E-state index < -0.39 is 6.10 Å². The summed E-state index contributed by atoms with van der Waals surface area (Å²) in [4.78, 5) is 2.44. The number of aliphatic hydroxyl groups is 1. The van der Waals surface area contributed by atoms with Crippen molar-refractivity contribution in [1.29, 1.82) is 0 Å². The SMILES string of the molecule is OC(c1ccccc1)[C@@H]1CCCCN1Cc1ccccc1. The maximum atomic E-state index is 10.8. The summed E-state index contributed by atoms with van der Waals surface area (Å²) < 4.78 is 0. The Kier molecular flexibility index (Phi) is 4.69. The van der Waals surface area contributed by atoms with Gasteiger partial charge in [-0.25, -0.2) is 0 Å². The topological polar surface area (TPSA) is 23.5 Å². The van der Waals surface area contributed by atoms with Crippen molar-refractivity contribution >= 4 is 0 Å². The fourth-order valence-electron chi connectivity index (χ4n) is 3.26. The van der Waals surface area contributed by atoms with Gasteiger partial charge in [0, 0.05) is 12.6 Å². The fourth-order valence-corrected chi connectivity index (χ4v) is 3.26. The maximum Gasteiger partial charge on any atom is 0.0945 e. The molecule has 2 aromatic rings. The van der Waals surface area contributed by atoms with Gasteiger partial charge in [-0.05, 0) is 30.5 Å². The van der Waals surface area contributed by atoms with E-state index in [9.17, 15) is 5.11 Å². The van der Waals surface area contributed by atoms with Crippen molar-refractivity contribution in [3.05, 3.63) is 71.8 Å². The van der Waals surface area contributed by atoms with E-state index in [2.05, 4.69) is 35.2 Å². The first-order valence-corrected chi connectivity index (χ1v) is 7.85. The van der Waals surface area contributed by atoms with Crippen LogP contribution in [0, 0.1) is 0 Å². The van der Waals surface area contributed by atoms with Gasteiger partial charge in [0.1, 0.15) is 0 Å². The van der Waals surface area contributed by atoms with E-state index in [1.54, 1.807) is 0 Å². The third-order valence-corrected chi connectivity index (χ3v) is 4.40.